The topological polar surface area (TPSA) is 35.0 Å². The fraction of sp³-hybridized carbons (Fsp3) is 0.143. The third-order valence-corrected chi connectivity index (χ3v) is 2.23. The van der Waals surface area contributed by atoms with Gasteiger partial charge in [-0.2, -0.15) is 0 Å². The second kappa shape index (κ2) is 5.78. The molecule has 84 valence electrons. The van der Waals surface area contributed by atoms with Crippen molar-refractivity contribution in [1.29, 1.82) is 0 Å². The molecule has 0 amide bonds. The van der Waals surface area contributed by atoms with E-state index in [1.165, 1.54) is 6.33 Å². The zero-order valence-corrected chi connectivity index (χ0v) is 9.34. The van der Waals surface area contributed by atoms with E-state index in [9.17, 15) is 0 Å². The molecule has 0 saturated heterocycles. The molecule has 17 heavy (non-hydrogen) atoms. The highest BCUT2D eigenvalue weighted by Gasteiger charge is 2.01. The summed E-state index contributed by atoms with van der Waals surface area (Å²) < 4.78 is 5.23. The molecule has 2 aromatic rings. The van der Waals surface area contributed by atoms with Crippen LogP contribution < -0.4 is 0 Å². The summed E-state index contributed by atoms with van der Waals surface area (Å²) in [5, 5.41) is 0. The molecule has 0 aliphatic carbocycles. The van der Waals surface area contributed by atoms with Crippen LogP contribution in [0.15, 0.2) is 42.7 Å². The molecule has 0 saturated carbocycles. The van der Waals surface area contributed by atoms with Gasteiger partial charge in [-0.3, -0.25) is 0 Å². The van der Waals surface area contributed by atoms with Crippen molar-refractivity contribution in [3.63, 3.8) is 0 Å². The number of benzene rings is 1. The molecule has 0 atom stereocenters. The van der Waals surface area contributed by atoms with Crippen LogP contribution in [0.4, 0.5) is 0 Å². The van der Waals surface area contributed by atoms with E-state index >= 15 is 0 Å². The Balaban J connectivity index is 2.15. The highest BCUT2D eigenvalue weighted by molar-refractivity contribution is 5.58. The van der Waals surface area contributed by atoms with Crippen molar-refractivity contribution in [2.24, 2.45) is 0 Å². The molecule has 2 rings (SSSR count). The average Bonchev–Trinajstić information content (AvgIpc) is 2.41. The first-order valence-corrected chi connectivity index (χ1v) is 5.27. The van der Waals surface area contributed by atoms with Crippen molar-refractivity contribution in [1.82, 2.24) is 9.97 Å². The smallest absolute Gasteiger partial charge is 0.116 e. The van der Waals surface area contributed by atoms with Gasteiger partial charge in [0.1, 0.15) is 12.9 Å². The van der Waals surface area contributed by atoms with E-state index in [1.54, 1.807) is 0 Å². The van der Waals surface area contributed by atoms with Crippen LogP contribution in [-0.2, 0) is 11.3 Å². The van der Waals surface area contributed by atoms with Crippen molar-refractivity contribution in [3.05, 3.63) is 48.4 Å². The Hall–Kier alpha value is -2.18. The van der Waals surface area contributed by atoms with Gasteiger partial charge in [-0.25, -0.2) is 9.97 Å². The number of terminal acetylenes is 1. The maximum atomic E-state index is 5.23. The Morgan fingerprint density at radius 3 is 2.76 bits per heavy atom. The number of ether oxygens (including phenoxy) is 1. The summed E-state index contributed by atoms with van der Waals surface area (Å²) in [5.41, 5.74) is 2.78. The zero-order chi connectivity index (χ0) is 11.9. The molecule has 1 heterocycles. The van der Waals surface area contributed by atoms with Gasteiger partial charge in [-0.15, -0.1) is 6.42 Å². The summed E-state index contributed by atoms with van der Waals surface area (Å²) >= 11 is 0. The Kier molecular flexibility index (Phi) is 3.85. The van der Waals surface area contributed by atoms with E-state index < -0.39 is 0 Å². The van der Waals surface area contributed by atoms with E-state index in [0.717, 1.165) is 17.0 Å². The van der Waals surface area contributed by atoms with Crippen molar-refractivity contribution >= 4 is 0 Å². The third kappa shape index (κ3) is 3.13. The van der Waals surface area contributed by atoms with Crippen molar-refractivity contribution in [2.75, 3.05) is 6.61 Å². The quantitative estimate of drug-likeness (QED) is 0.590. The molecule has 0 radical (unpaired) electrons. The van der Waals surface area contributed by atoms with E-state index in [4.69, 9.17) is 11.2 Å². The summed E-state index contributed by atoms with van der Waals surface area (Å²) in [6, 6.07) is 11.9. The summed E-state index contributed by atoms with van der Waals surface area (Å²) in [7, 11) is 0. The van der Waals surface area contributed by atoms with Gasteiger partial charge in [-0.1, -0.05) is 36.3 Å². The van der Waals surface area contributed by atoms with E-state index in [2.05, 4.69) is 15.9 Å². The zero-order valence-electron chi connectivity index (χ0n) is 9.34. The lowest BCUT2D eigenvalue weighted by molar-refractivity contribution is 0.150. The van der Waals surface area contributed by atoms with Crippen LogP contribution in [0.3, 0.4) is 0 Å². The molecular formula is C14H12N2O. The fourth-order valence-corrected chi connectivity index (χ4v) is 1.46. The van der Waals surface area contributed by atoms with Crippen LogP contribution in [0.25, 0.3) is 11.3 Å². The lowest BCUT2D eigenvalue weighted by atomic mass is 10.1. The molecule has 3 heteroatoms. The Labute approximate surface area is 101 Å². The van der Waals surface area contributed by atoms with Gasteiger partial charge < -0.3 is 4.74 Å². The Morgan fingerprint density at radius 1 is 1.18 bits per heavy atom. The maximum Gasteiger partial charge on any atom is 0.116 e. The summed E-state index contributed by atoms with van der Waals surface area (Å²) in [4.78, 5) is 8.36. The number of rotatable bonds is 4. The monoisotopic (exact) mass is 224 g/mol. The first kappa shape index (κ1) is 11.3. The molecule has 0 fully saturated rings. The normalized spacial score (nSPS) is 9.82. The summed E-state index contributed by atoms with van der Waals surface area (Å²) in [5.74, 6) is 2.42. The van der Waals surface area contributed by atoms with Crippen molar-refractivity contribution in [2.45, 2.75) is 6.61 Å². The average molecular weight is 224 g/mol. The lowest BCUT2D eigenvalue weighted by Gasteiger charge is -2.03. The maximum absolute atomic E-state index is 5.23. The van der Waals surface area contributed by atoms with Gasteiger partial charge >= 0.3 is 0 Å². The van der Waals surface area contributed by atoms with Crippen LogP contribution in [0.2, 0.25) is 0 Å². The minimum atomic E-state index is 0.296. The number of aromatic nitrogens is 2. The van der Waals surface area contributed by atoms with Gasteiger partial charge in [0, 0.05) is 5.56 Å². The first-order valence-electron chi connectivity index (χ1n) is 5.27. The second-order valence-corrected chi connectivity index (χ2v) is 3.46. The SMILES string of the molecule is C#CCOCc1cc(-c2ccccc2)ncn1. The van der Waals surface area contributed by atoms with Crippen LogP contribution in [0, 0.1) is 12.3 Å². The molecule has 1 aromatic heterocycles. The van der Waals surface area contributed by atoms with E-state index in [1.807, 2.05) is 36.4 Å². The van der Waals surface area contributed by atoms with Gasteiger partial charge in [0.2, 0.25) is 0 Å². The predicted octanol–water partition coefficient (Wildman–Crippen LogP) is 2.29. The lowest BCUT2D eigenvalue weighted by Crippen LogP contribution is -1.97. The van der Waals surface area contributed by atoms with Gasteiger partial charge in [0.05, 0.1) is 18.0 Å². The summed E-state index contributed by atoms with van der Waals surface area (Å²) in [6.45, 7) is 0.706. The van der Waals surface area contributed by atoms with Crippen LogP contribution in [0.5, 0.6) is 0 Å². The first-order chi connectivity index (χ1) is 8.40. The largest absolute Gasteiger partial charge is 0.363 e. The van der Waals surface area contributed by atoms with Crippen molar-refractivity contribution in [3.8, 4) is 23.6 Å². The van der Waals surface area contributed by atoms with Crippen molar-refractivity contribution < 1.29 is 4.74 Å². The molecular weight excluding hydrogens is 212 g/mol. The highest BCUT2D eigenvalue weighted by atomic mass is 16.5. The molecule has 0 bridgehead atoms. The standard InChI is InChI=1S/C14H12N2O/c1-2-8-17-10-13-9-14(16-11-15-13)12-6-4-3-5-7-12/h1,3-7,9,11H,8,10H2. The minimum absolute atomic E-state index is 0.296. The van der Waals surface area contributed by atoms with E-state index in [-0.39, 0.29) is 0 Å². The molecule has 1 aromatic carbocycles. The summed E-state index contributed by atoms with van der Waals surface area (Å²) in [6.07, 6.45) is 6.64. The van der Waals surface area contributed by atoms with Gasteiger partial charge in [-0.05, 0) is 6.07 Å². The predicted molar refractivity (Wildman–Crippen MR) is 66.0 cm³/mol. The highest BCUT2D eigenvalue weighted by Crippen LogP contribution is 2.16. The van der Waals surface area contributed by atoms with Gasteiger partial charge in [0.15, 0.2) is 0 Å². The molecule has 0 aliphatic rings. The minimum Gasteiger partial charge on any atom is -0.363 e. The van der Waals surface area contributed by atoms with E-state index in [0.29, 0.717) is 13.2 Å². The fourth-order valence-electron chi connectivity index (χ4n) is 1.46. The van der Waals surface area contributed by atoms with Crippen LogP contribution in [0.1, 0.15) is 5.69 Å². The number of hydrogen-bond donors (Lipinski definition) is 0. The van der Waals surface area contributed by atoms with Gasteiger partial charge in [0.25, 0.3) is 0 Å². The third-order valence-electron chi connectivity index (χ3n) is 2.23. The van der Waals surface area contributed by atoms with Crippen LogP contribution in [-0.4, -0.2) is 16.6 Å². The second-order valence-electron chi connectivity index (χ2n) is 3.46. The molecule has 0 unspecified atom stereocenters. The van der Waals surface area contributed by atoms with Crippen LogP contribution >= 0.6 is 0 Å². The molecule has 3 nitrogen and oxygen atoms in total. The molecule has 0 spiro atoms. The Bertz CT molecular complexity index is 517. The number of nitrogens with zero attached hydrogens (tertiary/aromatic N) is 2. The number of hydrogen-bond acceptors (Lipinski definition) is 3. The molecule has 0 aliphatic heterocycles. The Morgan fingerprint density at radius 2 is 2.00 bits per heavy atom. The molecule has 0 N–H and O–H groups in total.